The fourth-order valence-corrected chi connectivity index (χ4v) is 3.20. The summed E-state index contributed by atoms with van der Waals surface area (Å²) in [6.07, 6.45) is 5.05. The minimum Gasteiger partial charge on any atom is -0.354 e. The van der Waals surface area contributed by atoms with Gasteiger partial charge in [-0.1, -0.05) is 19.3 Å². The zero-order chi connectivity index (χ0) is 15.5. The highest BCUT2D eigenvalue weighted by Crippen LogP contribution is 2.39. The molecule has 3 N–H and O–H groups in total. The van der Waals surface area contributed by atoms with Crippen molar-refractivity contribution < 1.29 is 14.4 Å². The molecular weight excluding hydrogens is 308 g/mol. The maximum Gasteiger partial charge on any atom is 0.327 e. The molecule has 8 heteroatoms. The fourth-order valence-electron chi connectivity index (χ4n) is 3.20. The van der Waals surface area contributed by atoms with Crippen LogP contribution in [0.3, 0.4) is 0 Å². The number of likely N-dealkylation sites (N-methyl/N-ethyl adjacent to an activating group) is 1. The molecular formula is C14H25ClN4O3. The molecule has 1 heterocycles. The molecule has 7 nitrogen and oxygen atoms in total. The van der Waals surface area contributed by atoms with Crippen molar-refractivity contribution in [2.24, 2.45) is 5.73 Å². The summed E-state index contributed by atoms with van der Waals surface area (Å²) in [5.74, 6) is -0.532. The van der Waals surface area contributed by atoms with Gasteiger partial charge in [-0.15, -0.1) is 12.4 Å². The fraction of sp³-hybridized carbons (Fsp3) is 0.786. The van der Waals surface area contributed by atoms with E-state index in [-0.39, 0.29) is 36.8 Å². The molecule has 22 heavy (non-hydrogen) atoms. The molecule has 2 rings (SSSR count). The SMILES string of the molecule is CN1C(=O)N(CC(=O)NCCCN)C(=O)C12CCCCC2.Cl. The summed E-state index contributed by atoms with van der Waals surface area (Å²) in [4.78, 5) is 39.4. The number of carbonyl (C=O) groups is 3. The molecule has 126 valence electrons. The summed E-state index contributed by atoms with van der Waals surface area (Å²) in [5.41, 5.74) is 4.64. The van der Waals surface area contributed by atoms with Gasteiger partial charge in [0.15, 0.2) is 0 Å². The minimum absolute atomic E-state index is 0. The molecule has 0 radical (unpaired) electrons. The van der Waals surface area contributed by atoms with E-state index in [1.54, 1.807) is 7.05 Å². The molecule has 1 saturated heterocycles. The van der Waals surface area contributed by atoms with Crippen molar-refractivity contribution in [3.8, 4) is 0 Å². The van der Waals surface area contributed by atoms with Gasteiger partial charge >= 0.3 is 6.03 Å². The van der Waals surface area contributed by atoms with Crippen LogP contribution in [0.4, 0.5) is 4.79 Å². The molecule has 4 amide bonds. The van der Waals surface area contributed by atoms with Gasteiger partial charge in [0.1, 0.15) is 12.1 Å². The molecule has 1 spiro atoms. The number of halogens is 1. The Morgan fingerprint density at radius 2 is 1.91 bits per heavy atom. The van der Waals surface area contributed by atoms with Crippen LogP contribution >= 0.6 is 12.4 Å². The zero-order valence-corrected chi connectivity index (χ0v) is 13.8. The Morgan fingerprint density at radius 3 is 2.50 bits per heavy atom. The largest absolute Gasteiger partial charge is 0.354 e. The lowest BCUT2D eigenvalue weighted by Gasteiger charge is -2.35. The van der Waals surface area contributed by atoms with E-state index >= 15 is 0 Å². The summed E-state index contributed by atoms with van der Waals surface area (Å²) < 4.78 is 0. The van der Waals surface area contributed by atoms with Crippen molar-refractivity contribution in [1.29, 1.82) is 0 Å². The lowest BCUT2D eigenvalue weighted by atomic mass is 9.81. The summed E-state index contributed by atoms with van der Waals surface area (Å²) >= 11 is 0. The molecule has 1 aliphatic carbocycles. The average Bonchev–Trinajstić information content (AvgIpc) is 2.65. The number of nitrogens with zero attached hydrogens (tertiary/aromatic N) is 2. The van der Waals surface area contributed by atoms with Gasteiger partial charge in [-0.3, -0.25) is 14.5 Å². The summed E-state index contributed by atoms with van der Waals surface area (Å²) in [7, 11) is 1.66. The van der Waals surface area contributed by atoms with Crippen molar-refractivity contribution in [1.82, 2.24) is 15.1 Å². The first-order valence-electron chi connectivity index (χ1n) is 7.59. The third-order valence-corrected chi connectivity index (χ3v) is 4.49. The molecule has 0 unspecified atom stereocenters. The van der Waals surface area contributed by atoms with Crippen LogP contribution in [0.5, 0.6) is 0 Å². The minimum atomic E-state index is -0.715. The van der Waals surface area contributed by atoms with Gasteiger partial charge in [0, 0.05) is 13.6 Å². The van der Waals surface area contributed by atoms with Crippen LogP contribution in [0.1, 0.15) is 38.5 Å². The summed E-state index contributed by atoms with van der Waals surface area (Å²) in [6.45, 7) is 0.759. The number of rotatable bonds is 5. The zero-order valence-electron chi connectivity index (χ0n) is 13.0. The smallest absolute Gasteiger partial charge is 0.327 e. The van der Waals surface area contributed by atoms with E-state index in [4.69, 9.17) is 5.73 Å². The number of hydrogen-bond donors (Lipinski definition) is 2. The highest BCUT2D eigenvalue weighted by molar-refractivity contribution is 6.08. The Hall–Kier alpha value is -1.34. The lowest BCUT2D eigenvalue weighted by molar-refractivity contribution is -0.137. The number of carbonyl (C=O) groups excluding carboxylic acids is 3. The Labute approximate surface area is 137 Å². The summed E-state index contributed by atoms with van der Waals surface area (Å²) in [6, 6.07) is -0.365. The Kier molecular flexibility index (Phi) is 6.62. The van der Waals surface area contributed by atoms with Crippen LogP contribution < -0.4 is 11.1 Å². The van der Waals surface area contributed by atoms with E-state index in [0.29, 0.717) is 32.4 Å². The molecule has 2 aliphatic rings. The third-order valence-electron chi connectivity index (χ3n) is 4.49. The van der Waals surface area contributed by atoms with Gasteiger partial charge < -0.3 is 16.0 Å². The first kappa shape index (κ1) is 18.7. The van der Waals surface area contributed by atoms with Gasteiger partial charge in [0.25, 0.3) is 5.91 Å². The molecule has 0 atom stereocenters. The normalized spacial score (nSPS) is 20.3. The van der Waals surface area contributed by atoms with Crippen LogP contribution in [0, 0.1) is 0 Å². The highest BCUT2D eigenvalue weighted by Gasteiger charge is 2.55. The van der Waals surface area contributed by atoms with Gasteiger partial charge in [-0.25, -0.2) is 4.79 Å². The first-order valence-corrected chi connectivity index (χ1v) is 7.59. The average molecular weight is 333 g/mol. The van der Waals surface area contributed by atoms with E-state index in [1.807, 2.05) is 0 Å². The van der Waals surface area contributed by atoms with E-state index in [0.717, 1.165) is 24.2 Å². The predicted octanol–water partition coefficient (Wildman–Crippen LogP) is 0.470. The second-order valence-corrected chi connectivity index (χ2v) is 5.82. The Morgan fingerprint density at radius 1 is 1.27 bits per heavy atom. The van der Waals surface area contributed by atoms with Crippen LogP contribution in [0.2, 0.25) is 0 Å². The quantitative estimate of drug-likeness (QED) is 0.565. The van der Waals surface area contributed by atoms with Gasteiger partial charge in [-0.2, -0.15) is 0 Å². The van der Waals surface area contributed by atoms with Crippen LogP contribution in [0.25, 0.3) is 0 Å². The van der Waals surface area contributed by atoms with E-state index < -0.39 is 5.54 Å². The molecule has 0 aromatic carbocycles. The van der Waals surface area contributed by atoms with Crippen molar-refractivity contribution in [2.45, 2.75) is 44.1 Å². The van der Waals surface area contributed by atoms with Crippen molar-refractivity contribution >= 4 is 30.3 Å². The van der Waals surface area contributed by atoms with Crippen LogP contribution in [-0.4, -0.2) is 59.9 Å². The lowest BCUT2D eigenvalue weighted by Crippen LogP contribution is -2.49. The first-order chi connectivity index (χ1) is 10.0. The van der Waals surface area contributed by atoms with E-state index in [1.165, 1.54) is 4.90 Å². The number of urea groups is 1. The maximum absolute atomic E-state index is 12.6. The second-order valence-electron chi connectivity index (χ2n) is 5.82. The number of amides is 4. The molecule has 0 aromatic rings. The monoisotopic (exact) mass is 332 g/mol. The molecule has 1 saturated carbocycles. The van der Waals surface area contributed by atoms with Crippen molar-refractivity contribution in [2.75, 3.05) is 26.7 Å². The molecule has 1 aliphatic heterocycles. The molecule has 2 fully saturated rings. The van der Waals surface area contributed by atoms with Gasteiger partial charge in [-0.05, 0) is 25.8 Å². The summed E-state index contributed by atoms with van der Waals surface area (Å²) in [5, 5.41) is 2.67. The third kappa shape index (κ3) is 3.35. The van der Waals surface area contributed by atoms with Crippen LogP contribution in [0.15, 0.2) is 0 Å². The molecule has 0 aromatic heterocycles. The van der Waals surface area contributed by atoms with E-state index in [9.17, 15) is 14.4 Å². The highest BCUT2D eigenvalue weighted by atomic mass is 35.5. The van der Waals surface area contributed by atoms with Gasteiger partial charge in [0.05, 0.1) is 0 Å². The Balaban J connectivity index is 0.00000242. The Bertz CT molecular complexity index is 438. The number of nitrogens with two attached hydrogens (primary N) is 1. The second kappa shape index (κ2) is 7.78. The maximum atomic E-state index is 12.6. The molecule has 0 bridgehead atoms. The van der Waals surface area contributed by atoms with Gasteiger partial charge in [0.2, 0.25) is 5.91 Å². The van der Waals surface area contributed by atoms with E-state index in [2.05, 4.69) is 5.32 Å². The standard InChI is InChI=1S/C14H24N4O3.ClH/c1-17-13(21)18(10-11(19)16-9-5-8-15)12(20)14(17)6-3-2-4-7-14;/h2-10,15H2,1H3,(H,16,19);1H. The predicted molar refractivity (Wildman–Crippen MR) is 84.6 cm³/mol. The topological polar surface area (TPSA) is 95.7 Å². The van der Waals surface area contributed by atoms with Crippen molar-refractivity contribution in [3.05, 3.63) is 0 Å². The number of nitrogens with one attached hydrogen (secondary N) is 1. The number of hydrogen-bond acceptors (Lipinski definition) is 4. The van der Waals surface area contributed by atoms with Crippen LogP contribution in [-0.2, 0) is 9.59 Å². The van der Waals surface area contributed by atoms with Crippen molar-refractivity contribution in [3.63, 3.8) is 0 Å². The number of imide groups is 1.